The first kappa shape index (κ1) is 9.36. The van der Waals surface area contributed by atoms with Crippen molar-refractivity contribution in [1.82, 2.24) is 4.90 Å². The molecule has 0 aromatic rings. The Balaban J connectivity index is 2.33. The smallest absolute Gasteiger partial charge is 0.191 e. The van der Waals surface area contributed by atoms with Crippen LogP contribution in [-0.2, 0) is 0 Å². The molecule has 0 aromatic heterocycles. The maximum absolute atomic E-state index is 5.78. The second-order valence-electron chi connectivity index (χ2n) is 3.93. The minimum Gasteiger partial charge on any atom is -0.370 e. The number of hydrogen-bond donors (Lipinski definition) is 1. The summed E-state index contributed by atoms with van der Waals surface area (Å²) in [6, 6.07) is 0.668. The van der Waals surface area contributed by atoms with Crippen molar-refractivity contribution in [2.75, 3.05) is 13.6 Å². The van der Waals surface area contributed by atoms with Gasteiger partial charge in [-0.25, -0.2) is 0 Å². The van der Waals surface area contributed by atoms with Crippen molar-refractivity contribution in [3.05, 3.63) is 0 Å². The highest BCUT2D eigenvalue weighted by Gasteiger charge is 2.27. The average Bonchev–Trinajstić information content (AvgIpc) is 2.80. The van der Waals surface area contributed by atoms with Crippen LogP contribution in [0.2, 0.25) is 0 Å². The Bertz CT molecular complexity index is 171. The van der Waals surface area contributed by atoms with E-state index >= 15 is 0 Å². The quantitative estimate of drug-likeness (QED) is 0.507. The average molecular weight is 169 g/mol. The lowest BCUT2D eigenvalue weighted by atomic mass is 10.2. The molecule has 0 heterocycles. The molecule has 1 fully saturated rings. The van der Waals surface area contributed by atoms with Crippen LogP contribution in [0.1, 0.15) is 26.7 Å². The molecule has 0 radical (unpaired) electrons. The van der Waals surface area contributed by atoms with E-state index in [4.69, 9.17) is 5.73 Å². The Morgan fingerprint density at radius 3 is 2.58 bits per heavy atom. The van der Waals surface area contributed by atoms with Crippen LogP contribution in [0.25, 0.3) is 0 Å². The third kappa shape index (κ3) is 2.72. The summed E-state index contributed by atoms with van der Waals surface area (Å²) in [6.45, 7) is 5.13. The van der Waals surface area contributed by atoms with Crippen LogP contribution in [0.3, 0.4) is 0 Å². The molecule has 0 spiro atoms. The lowest BCUT2D eigenvalue weighted by molar-refractivity contribution is 0.484. The standard InChI is InChI=1S/C9H19N3/c1-7(2)6-11-9(10)12(3)8-4-5-8/h7-8H,4-6H2,1-3H3,(H2,10,11). The molecule has 3 heteroatoms. The molecule has 0 saturated heterocycles. The maximum atomic E-state index is 5.78. The third-order valence-corrected chi connectivity index (χ3v) is 2.07. The summed E-state index contributed by atoms with van der Waals surface area (Å²) in [5.41, 5.74) is 5.78. The van der Waals surface area contributed by atoms with Crippen LogP contribution in [-0.4, -0.2) is 30.5 Å². The van der Waals surface area contributed by atoms with Crippen molar-refractivity contribution in [3.8, 4) is 0 Å². The van der Waals surface area contributed by atoms with Gasteiger partial charge in [-0.15, -0.1) is 0 Å². The van der Waals surface area contributed by atoms with Crippen molar-refractivity contribution in [2.24, 2.45) is 16.6 Å². The predicted molar refractivity (Wildman–Crippen MR) is 52.1 cm³/mol. The number of nitrogens with zero attached hydrogens (tertiary/aromatic N) is 2. The summed E-state index contributed by atoms with van der Waals surface area (Å²) in [5.74, 6) is 1.29. The molecule has 3 nitrogen and oxygen atoms in total. The molecule has 1 rings (SSSR count). The van der Waals surface area contributed by atoms with E-state index in [1.165, 1.54) is 12.8 Å². The van der Waals surface area contributed by atoms with Crippen molar-refractivity contribution >= 4 is 5.96 Å². The molecule has 0 amide bonds. The van der Waals surface area contributed by atoms with Gasteiger partial charge in [-0.05, 0) is 18.8 Å². The molecule has 1 aliphatic carbocycles. The zero-order valence-electron chi connectivity index (χ0n) is 8.25. The molecular formula is C9H19N3. The Hall–Kier alpha value is -0.730. The highest BCUT2D eigenvalue weighted by atomic mass is 15.3. The highest BCUT2D eigenvalue weighted by molar-refractivity contribution is 5.78. The predicted octanol–water partition coefficient (Wildman–Crippen LogP) is 1.05. The highest BCUT2D eigenvalue weighted by Crippen LogP contribution is 2.24. The van der Waals surface area contributed by atoms with Crippen LogP contribution in [0, 0.1) is 5.92 Å². The van der Waals surface area contributed by atoms with E-state index in [1.54, 1.807) is 0 Å². The Morgan fingerprint density at radius 2 is 2.17 bits per heavy atom. The van der Waals surface area contributed by atoms with Crippen molar-refractivity contribution in [3.63, 3.8) is 0 Å². The summed E-state index contributed by atoms with van der Waals surface area (Å²) in [6.07, 6.45) is 2.54. The van der Waals surface area contributed by atoms with Gasteiger partial charge in [0.05, 0.1) is 0 Å². The first-order valence-corrected chi connectivity index (χ1v) is 4.64. The van der Waals surface area contributed by atoms with Gasteiger partial charge in [-0.3, -0.25) is 4.99 Å². The number of aliphatic imine (C=N–C) groups is 1. The first-order chi connectivity index (χ1) is 5.61. The van der Waals surface area contributed by atoms with Gasteiger partial charge in [-0.1, -0.05) is 13.8 Å². The maximum Gasteiger partial charge on any atom is 0.191 e. The van der Waals surface area contributed by atoms with E-state index in [0.717, 1.165) is 6.54 Å². The zero-order valence-corrected chi connectivity index (χ0v) is 8.25. The monoisotopic (exact) mass is 169 g/mol. The fourth-order valence-electron chi connectivity index (χ4n) is 1.04. The van der Waals surface area contributed by atoms with Crippen LogP contribution in [0.4, 0.5) is 0 Å². The second kappa shape index (κ2) is 3.78. The molecule has 0 atom stereocenters. The molecule has 2 N–H and O–H groups in total. The lowest BCUT2D eigenvalue weighted by Gasteiger charge is -2.17. The lowest BCUT2D eigenvalue weighted by Crippen LogP contribution is -2.36. The number of nitrogens with two attached hydrogens (primary N) is 1. The molecule has 0 aliphatic heterocycles. The molecule has 1 saturated carbocycles. The number of guanidine groups is 1. The van der Waals surface area contributed by atoms with E-state index in [1.807, 2.05) is 7.05 Å². The van der Waals surface area contributed by atoms with Gasteiger partial charge >= 0.3 is 0 Å². The van der Waals surface area contributed by atoms with Crippen LogP contribution >= 0.6 is 0 Å². The summed E-state index contributed by atoms with van der Waals surface area (Å²) in [5, 5.41) is 0. The SMILES string of the molecule is CC(C)CN=C(N)N(C)C1CC1. The van der Waals surface area contributed by atoms with E-state index in [0.29, 0.717) is 17.9 Å². The Labute approximate surface area is 74.6 Å². The molecule has 1 aliphatic rings. The van der Waals surface area contributed by atoms with Crippen molar-refractivity contribution in [2.45, 2.75) is 32.7 Å². The minimum absolute atomic E-state index is 0.594. The Morgan fingerprint density at radius 1 is 1.58 bits per heavy atom. The molecule has 0 aromatic carbocycles. The topological polar surface area (TPSA) is 41.6 Å². The molecular weight excluding hydrogens is 150 g/mol. The second-order valence-corrected chi connectivity index (χ2v) is 3.93. The van der Waals surface area contributed by atoms with Gasteiger partial charge in [0.15, 0.2) is 5.96 Å². The largest absolute Gasteiger partial charge is 0.370 e. The summed E-state index contributed by atoms with van der Waals surface area (Å²) in [4.78, 5) is 6.39. The van der Waals surface area contributed by atoms with E-state index in [9.17, 15) is 0 Å². The third-order valence-electron chi connectivity index (χ3n) is 2.07. The zero-order chi connectivity index (χ0) is 9.14. The minimum atomic E-state index is 0.594. The molecule has 0 unspecified atom stereocenters. The fraction of sp³-hybridized carbons (Fsp3) is 0.889. The fourth-order valence-corrected chi connectivity index (χ4v) is 1.04. The summed E-state index contributed by atoms with van der Waals surface area (Å²) in [7, 11) is 2.02. The van der Waals surface area contributed by atoms with E-state index in [2.05, 4.69) is 23.7 Å². The van der Waals surface area contributed by atoms with Crippen molar-refractivity contribution in [1.29, 1.82) is 0 Å². The van der Waals surface area contributed by atoms with Crippen molar-refractivity contribution < 1.29 is 0 Å². The van der Waals surface area contributed by atoms with Crippen LogP contribution in [0.5, 0.6) is 0 Å². The van der Waals surface area contributed by atoms with E-state index in [-0.39, 0.29) is 0 Å². The normalized spacial score (nSPS) is 18.5. The van der Waals surface area contributed by atoms with Crippen LogP contribution < -0.4 is 5.73 Å². The first-order valence-electron chi connectivity index (χ1n) is 4.64. The molecule has 0 bridgehead atoms. The summed E-state index contributed by atoms with van der Waals surface area (Å²) < 4.78 is 0. The Kier molecular flexibility index (Phi) is 2.95. The molecule has 12 heavy (non-hydrogen) atoms. The van der Waals surface area contributed by atoms with Gasteiger partial charge in [0.1, 0.15) is 0 Å². The summed E-state index contributed by atoms with van der Waals surface area (Å²) >= 11 is 0. The molecule has 70 valence electrons. The number of hydrogen-bond acceptors (Lipinski definition) is 1. The van der Waals surface area contributed by atoms with Crippen LogP contribution in [0.15, 0.2) is 4.99 Å². The van der Waals surface area contributed by atoms with Gasteiger partial charge in [0, 0.05) is 19.6 Å². The van der Waals surface area contributed by atoms with Gasteiger partial charge in [-0.2, -0.15) is 0 Å². The van der Waals surface area contributed by atoms with Gasteiger partial charge in [0.2, 0.25) is 0 Å². The van der Waals surface area contributed by atoms with Gasteiger partial charge in [0.25, 0.3) is 0 Å². The number of rotatable bonds is 3. The van der Waals surface area contributed by atoms with E-state index < -0.39 is 0 Å². The van der Waals surface area contributed by atoms with Gasteiger partial charge < -0.3 is 10.6 Å².